The summed E-state index contributed by atoms with van der Waals surface area (Å²) in [6.45, 7) is 5.62. The second-order valence-electron chi connectivity index (χ2n) is 21.9. The molecule has 0 spiro atoms. The van der Waals surface area contributed by atoms with Crippen molar-refractivity contribution in [3.63, 3.8) is 0 Å². The Kier molecular flexibility index (Phi) is 50.8. The van der Waals surface area contributed by atoms with E-state index in [9.17, 15) is 35.1 Å². The van der Waals surface area contributed by atoms with Crippen molar-refractivity contribution in [1.82, 2.24) is 5.32 Å². The number of unbranched alkanes of at least 4 members (excludes halogenated alkanes) is 31. The molecule has 0 aromatic heterocycles. The third-order valence-corrected chi connectivity index (χ3v) is 14.7. The fourth-order valence-electron chi connectivity index (χ4n) is 9.61. The second-order valence-corrected chi connectivity index (χ2v) is 21.9. The Morgan fingerprint density at radius 3 is 1.42 bits per heavy atom. The van der Waals surface area contributed by atoms with Gasteiger partial charge >= 0.3 is 5.97 Å². The first-order chi connectivity index (χ1) is 38.2. The van der Waals surface area contributed by atoms with Crippen molar-refractivity contribution in [3.8, 4) is 0 Å². The van der Waals surface area contributed by atoms with Crippen molar-refractivity contribution in [3.05, 3.63) is 85.1 Å². The number of amides is 1. The van der Waals surface area contributed by atoms with Crippen molar-refractivity contribution >= 4 is 11.9 Å². The summed E-state index contributed by atoms with van der Waals surface area (Å²) in [6, 6.07) is -1.05. The molecule has 1 fully saturated rings. The molecule has 1 aliphatic heterocycles. The van der Waals surface area contributed by atoms with E-state index in [-0.39, 0.29) is 19.4 Å². The van der Waals surface area contributed by atoms with Gasteiger partial charge in [-0.1, -0.05) is 273 Å². The number of nitrogens with one attached hydrogen (secondary N) is 1. The molecule has 6 N–H and O–H groups in total. The average molecular weight is 1100 g/mol. The van der Waals surface area contributed by atoms with E-state index in [1.54, 1.807) is 6.08 Å². The first-order valence-electron chi connectivity index (χ1n) is 31.9. The molecule has 0 aliphatic carbocycles. The largest absolute Gasteiger partial charge is 0.454 e. The summed E-state index contributed by atoms with van der Waals surface area (Å²) in [4.78, 5) is 26.5. The van der Waals surface area contributed by atoms with E-state index in [4.69, 9.17) is 14.2 Å². The highest BCUT2D eigenvalue weighted by molar-refractivity contribution is 5.80. The second kappa shape index (κ2) is 54.4. The SMILES string of the molecule is CC/C=C/C=C/C=C\C=C/C=C/CCCCC(O)C(=O)NC(COC1OC(CO)C(O)C(O)C1OC(=O)CCCCCCCCCCCCCCC/C=C/CCCCCCCC)C(O)/C=C/CCCCCCCCCCCC. The van der Waals surface area contributed by atoms with Gasteiger partial charge in [0.1, 0.15) is 24.4 Å². The summed E-state index contributed by atoms with van der Waals surface area (Å²) < 4.78 is 17.6. The zero-order chi connectivity index (χ0) is 56.8. The van der Waals surface area contributed by atoms with Gasteiger partial charge in [-0.25, -0.2) is 0 Å². The molecule has 8 unspecified atom stereocenters. The highest BCUT2D eigenvalue weighted by atomic mass is 16.7. The molecule has 0 aromatic carbocycles. The van der Waals surface area contributed by atoms with Crippen molar-refractivity contribution in [2.45, 2.75) is 314 Å². The van der Waals surface area contributed by atoms with E-state index in [2.05, 4.69) is 44.3 Å². The van der Waals surface area contributed by atoms with Crippen LogP contribution in [0.5, 0.6) is 0 Å². The molecule has 0 radical (unpaired) electrons. The summed E-state index contributed by atoms with van der Waals surface area (Å²) in [7, 11) is 0. The number of allylic oxidation sites excluding steroid dienone is 13. The van der Waals surface area contributed by atoms with Crippen LogP contribution in [0, 0.1) is 0 Å². The Balaban J connectivity index is 2.64. The Labute approximate surface area is 476 Å². The fourth-order valence-corrected chi connectivity index (χ4v) is 9.61. The minimum absolute atomic E-state index is 0.116. The van der Waals surface area contributed by atoms with Crippen LogP contribution in [-0.4, -0.2) is 99.6 Å². The Morgan fingerprint density at radius 1 is 0.513 bits per heavy atom. The molecule has 1 heterocycles. The Morgan fingerprint density at radius 2 is 0.936 bits per heavy atom. The number of carbonyl (C=O) groups is 2. The molecule has 8 atom stereocenters. The third kappa shape index (κ3) is 41.8. The van der Waals surface area contributed by atoms with E-state index in [0.717, 1.165) is 64.2 Å². The van der Waals surface area contributed by atoms with Crippen LogP contribution in [-0.2, 0) is 23.8 Å². The Hall–Kier alpha value is -3.16. The monoisotopic (exact) mass is 1100 g/mol. The molecule has 1 rings (SSSR count). The van der Waals surface area contributed by atoms with Crippen LogP contribution in [0.1, 0.15) is 265 Å². The molecule has 1 aliphatic rings. The van der Waals surface area contributed by atoms with Crippen molar-refractivity contribution in [2.24, 2.45) is 0 Å². The summed E-state index contributed by atoms with van der Waals surface area (Å²) in [5, 5.41) is 56.9. The molecule has 78 heavy (non-hydrogen) atoms. The fraction of sp³-hybridized carbons (Fsp3) is 0.761. The lowest BCUT2D eigenvalue weighted by Gasteiger charge is -2.41. The first kappa shape index (κ1) is 72.9. The third-order valence-electron chi connectivity index (χ3n) is 14.7. The predicted molar refractivity (Wildman–Crippen MR) is 324 cm³/mol. The van der Waals surface area contributed by atoms with Crippen molar-refractivity contribution in [2.75, 3.05) is 13.2 Å². The lowest BCUT2D eigenvalue weighted by Crippen LogP contribution is -2.61. The summed E-state index contributed by atoms with van der Waals surface area (Å²) in [5.41, 5.74) is 0. The number of aliphatic hydroxyl groups is 5. The highest BCUT2D eigenvalue weighted by Gasteiger charge is 2.47. The van der Waals surface area contributed by atoms with Gasteiger partial charge in [0.2, 0.25) is 5.91 Å². The van der Waals surface area contributed by atoms with E-state index >= 15 is 0 Å². The number of aliphatic hydroxyl groups excluding tert-OH is 5. The first-order valence-corrected chi connectivity index (χ1v) is 31.9. The number of ether oxygens (including phenoxy) is 3. The maximum Gasteiger partial charge on any atom is 0.306 e. The number of carbonyl (C=O) groups excluding carboxylic acids is 2. The van der Waals surface area contributed by atoms with Crippen molar-refractivity contribution < 1.29 is 49.3 Å². The lowest BCUT2D eigenvalue weighted by molar-refractivity contribution is -0.305. The molecule has 11 heteroatoms. The number of hydrogen-bond donors (Lipinski definition) is 6. The lowest BCUT2D eigenvalue weighted by atomic mass is 9.99. The number of rotatable bonds is 53. The zero-order valence-corrected chi connectivity index (χ0v) is 49.8. The van der Waals surface area contributed by atoms with Gasteiger partial charge in [-0.15, -0.1) is 0 Å². The van der Waals surface area contributed by atoms with E-state index in [1.165, 1.54) is 154 Å². The summed E-state index contributed by atoms with van der Waals surface area (Å²) in [5.74, 6) is -1.24. The number of esters is 1. The van der Waals surface area contributed by atoms with Crippen molar-refractivity contribution in [1.29, 1.82) is 0 Å². The van der Waals surface area contributed by atoms with E-state index in [0.29, 0.717) is 12.8 Å². The van der Waals surface area contributed by atoms with Crippen LogP contribution in [0.15, 0.2) is 85.1 Å². The number of hydrogen-bond acceptors (Lipinski definition) is 10. The molecule has 1 amide bonds. The van der Waals surface area contributed by atoms with E-state index in [1.807, 2.05) is 60.8 Å². The minimum Gasteiger partial charge on any atom is -0.454 e. The van der Waals surface area contributed by atoms with Gasteiger partial charge in [-0.2, -0.15) is 0 Å². The normalized spacial score (nSPS) is 19.5. The molecular formula is C67H117NO10. The van der Waals surface area contributed by atoms with Crippen LogP contribution < -0.4 is 5.32 Å². The molecule has 0 aromatic rings. The average Bonchev–Trinajstić information content (AvgIpc) is 3.45. The molecule has 450 valence electrons. The highest BCUT2D eigenvalue weighted by Crippen LogP contribution is 2.26. The standard InChI is InChI=1S/C67H117NO10/c1-4-7-10-13-16-19-22-25-27-28-29-30-31-32-33-34-35-37-40-43-46-49-52-55-62(72)78-65-64(74)63(73)61(56-69)77-67(65)76-57-58(59(70)53-50-47-44-41-38-24-21-18-15-12-9-6-3)68-66(75)60(71)54-51-48-45-42-39-36-26-23-20-17-14-11-8-5-2/h8,11,14,17,20,23,25-27,36,39,42,50,53,58-61,63-65,67,69-71,73-74H,4-7,9-10,12-13,15-16,18-19,21-22,24,28-35,37-38,40-41,43-49,51-52,54-57H2,1-3H3,(H,68,75)/b11-8+,17-14+,23-20-,27-25+,36-26-,42-39+,53-50+. The van der Waals surface area contributed by atoms with Gasteiger partial charge in [0.05, 0.1) is 25.4 Å². The van der Waals surface area contributed by atoms with Gasteiger partial charge in [-0.3, -0.25) is 9.59 Å². The minimum atomic E-state index is -1.62. The van der Waals surface area contributed by atoms with E-state index < -0.39 is 67.4 Å². The van der Waals surface area contributed by atoms with Crippen LogP contribution >= 0.6 is 0 Å². The smallest absolute Gasteiger partial charge is 0.306 e. The molecular weight excluding hydrogens is 979 g/mol. The molecule has 0 bridgehead atoms. The molecule has 1 saturated heterocycles. The van der Waals surface area contributed by atoms with Crippen LogP contribution in [0.3, 0.4) is 0 Å². The maximum atomic E-state index is 13.4. The van der Waals surface area contributed by atoms with Crippen LogP contribution in [0.2, 0.25) is 0 Å². The summed E-state index contributed by atoms with van der Waals surface area (Å²) >= 11 is 0. The molecule has 0 saturated carbocycles. The Bertz CT molecular complexity index is 1590. The maximum absolute atomic E-state index is 13.4. The van der Waals surface area contributed by atoms with Gasteiger partial charge in [0.25, 0.3) is 0 Å². The summed E-state index contributed by atoms with van der Waals surface area (Å²) in [6.07, 6.45) is 60.6. The van der Waals surface area contributed by atoms with Gasteiger partial charge < -0.3 is 45.1 Å². The van der Waals surface area contributed by atoms with Gasteiger partial charge in [0.15, 0.2) is 12.4 Å². The molecule has 11 nitrogen and oxygen atoms in total. The zero-order valence-electron chi connectivity index (χ0n) is 49.8. The quantitative estimate of drug-likeness (QED) is 0.0149. The van der Waals surface area contributed by atoms with Gasteiger partial charge in [-0.05, 0) is 70.6 Å². The predicted octanol–water partition coefficient (Wildman–Crippen LogP) is 15.3. The van der Waals surface area contributed by atoms with Gasteiger partial charge in [0, 0.05) is 6.42 Å². The van der Waals surface area contributed by atoms with Crippen LogP contribution in [0.25, 0.3) is 0 Å². The van der Waals surface area contributed by atoms with Crippen LogP contribution in [0.4, 0.5) is 0 Å². The topological polar surface area (TPSA) is 175 Å².